The van der Waals surface area contributed by atoms with E-state index in [1.54, 1.807) is 7.11 Å². The van der Waals surface area contributed by atoms with Crippen LogP contribution in [0.2, 0.25) is 0 Å². The maximum atomic E-state index is 6.39. The van der Waals surface area contributed by atoms with Crippen LogP contribution in [0.1, 0.15) is 17.4 Å². The second kappa shape index (κ2) is 9.38. The van der Waals surface area contributed by atoms with Gasteiger partial charge in [-0.15, -0.1) is 10.2 Å². The van der Waals surface area contributed by atoms with Crippen LogP contribution in [-0.4, -0.2) is 28.5 Å². The fourth-order valence-electron chi connectivity index (χ4n) is 3.66. The number of para-hydroxylation sites is 2. The van der Waals surface area contributed by atoms with Gasteiger partial charge >= 0.3 is 0 Å². The van der Waals surface area contributed by atoms with Gasteiger partial charge in [0.15, 0.2) is 17.2 Å². The molecule has 8 heteroatoms. The minimum absolute atomic E-state index is 0.397. The zero-order chi connectivity index (χ0) is 22.6. The molecule has 0 unspecified atom stereocenters. The number of hydrogen-bond donors (Lipinski definition) is 1. The molecule has 0 fully saturated rings. The fourth-order valence-corrected chi connectivity index (χ4v) is 3.96. The van der Waals surface area contributed by atoms with Gasteiger partial charge in [-0.2, -0.15) is 4.98 Å². The monoisotopic (exact) mass is 458 g/mol. The van der Waals surface area contributed by atoms with Crippen molar-refractivity contribution in [2.24, 2.45) is 0 Å². The van der Waals surface area contributed by atoms with Gasteiger partial charge in [0.1, 0.15) is 6.61 Å². The summed E-state index contributed by atoms with van der Waals surface area (Å²) in [6.07, 6.45) is 1.32. The Labute approximate surface area is 196 Å². The topological polar surface area (TPSA) is 78.4 Å². The first-order valence-corrected chi connectivity index (χ1v) is 11.6. The Hall–Kier alpha value is -3.78. The van der Waals surface area contributed by atoms with Crippen molar-refractivity contribution in [1.82, 2.24) is 15.2 Å². The molecule has 0 saturated carbocycles. The van der Waals surface area contributed by atoms with Crippen LogP contribution in [0.3, 0.4) is 0 Å². The average molecular weight is 459 g/mol. The molecule has 2 heterocycles. The van der Waals surface area contributed by atoms with Crippen LogP contribution < -0.4 is 19.5 Å². The molecule has 0 radical (unpaired) electrons. The summed E-state index contributed by atoms with van der Waals surface area (Å²) in [7, 11) is 1.63. The number of benzene rings is 3. The third-order valence-electron chi connectivity index (χ3n) is 5.25. The molecule has 1 atom stereocenters. The smallest absolute Gasteiger partial charge is 0.247 e. The molecule has 166 valence electrons. The third kappa shape index (κ3) is 4.29. The van der Waals surface area contributed by atoms with Crippen molar-refractivity contribution in [3.63, 3.8) is 0 Å². The number of thioether (sulfide) groups is 1. The average Bonchev–Trinajstić information content (AvgIpc) is 3.04. The van der Waals surface area contributed by atoms with Gasteiger partial charge in [-0.1, -0.05) is 66.4 Å². The predicted molar refractivity (Wildman–Crippen MR) is 128 cm³/mol. The maximum Gasteiger partial charge on any atom is 0.247 e. The lowest BCUT2D eigenvalue weighted by Gasteiger charge is -2.23. The Morgan fingerprint density at radius 1 is 0.970 bits per heavy atom. The molecule has 33 heavy (non-hydrogen) atoms. The summed E-state index contributed by atoms with van der Waals surface area (Å²) in [4.78, 5) is 4.59. The summed E-state index contributed by atoms with van der Waals surface area (Å²) in [6.45, 7) is 0.397. The van der Waals surface area contributed by atoms with Crippen molar-refractivity contribution in [1.29, 1.82) is 0 Å². The Kier molecular flexibility index (Phi) is 5.99. The van der Waals surface area contributed by atoms with Gasteiger partial charge in [-0.25, -0.2) is 0 Å². The van der Waals surface area contributed by atoms with E-state index in [1.807, 2.05) is 79.1 Å². The standard InChI is InChI=1S/C25H22N4O3S/c1-30-20-14-8-12-18(22(20)31-15-16-9-4-3-5-10-16)23-26-19-13-7-6-11-17(19)21-24(32-23)27-25(33-2)29-28-21/h3-14,23,26H,15H2,1-2H3/t23-/m0/s1. The molecule has 1 N–H and O–H groups in total. The molecule has 0 amide bonds. The second-order valence-corrected chi connectivity index (χ2v) is 8.07. The molecule has 7 nitrogen and oxygen atoms in total. The lowest BCUT2D eigenvalue weighted by Crippen LogP contribution is -2.18. The van der Waals surface area contributed by atoms with E-state index >= 15 is 0 Å². The van der Waals surface area contributed by atoms with E-state index in [9.17, 15) is 0 Å². The highest BCUT2D eigenvalue weighted by atomic mass is 32.2. The van der Waals surface area contributed by atoms with Crippen LogP contribution in [0, 0.1) is 0 Å². The van der Waals surface area contributed by atoms with E-state index in [-0.39, 0.29) is 0 Å². The Morgan fingerprint density at radius 2 is 1.79 bits per heavy atom. The number of methoxy groups -OCH3 is 1. The zero-order valence-electron chi connectivity index (χ0n) is 18.2. The van der Waals surface area contributed by atoms with Crippen molar-refractivity contribution >= 4 is 17.4 Å². The van der Waals surface area contributed by atoms with Gasteiger partial charge in [-0.3, -0.25) is 0 Å². The van der Waals surface area contributed by atoms with E-state index < -0.39 is 6.23 Å². The number of ether oxygens (including phenoxy) is 3. The molecule has 0 aliphatic carbocycles. The maximum absolute atomic E-state index is 6.39. The molecule has 3 aromatic carbocycles. The highest BCUT2D eigenvalue weighted by Gasteiger charge is 2.29. The molecule has 0 saturated heterocycles. The van der Waals surface area contributed by atoms with Gasteiger partial charge in [0.2, 0.25) is 17.3 Å². The highest BCUT2D eigenvalue weighted by Crippen LogP contribution is 2.43. The molecule has 0 bridgehead atoms. The van der Waals surface area contributed by atoms with Crippen molar-refractivity contribution in [2.45, 2.75) is 18.0 Å². The highest BCUT2D eigenvalue weighted by molar-refractivity contribution is 7.98. The van der Waals surface area contributed by atoms with E-state index in [2.05, 4.69) is 20.5 Å². The van der Waals surface area contributed by atoms with Gasteiger partial charge < -0.3 is 19.5 Å². The Bertz CT molecular complexity index is 1270. The van der Waals surface area contributed by atoms with Crippen LogP contribution in [0.5, 0.6) is 17.4 Å². The van der Waals surface area contributed by atoms with E-state index in [0.717, 1.165) is 22.4 Å². The molecule has 0 spiro atoms. The number of hydrogen-bond acceptors (Lipinski definition) is 8. The van der Waals surface area contributed by atoms with Crippen molar-refractivity contribution in [3.8, 4) is 28.6 Å². The summed E-state index contributed by atoms with van der Waals surface area (Å²) in [5, 5.41) is 12.6. The molecule has 1 aliphatic heterocycles. The molecule has 1 aromatic heterocycles. The van der Waals surface area contributed by atoms with Crippen molar-refractivity contribution < 1.29 is 14.2 Å². The van der Waals surface area contributed by atoms with E-state index in [1.165, 1.54) is 11.8 Å². The minimum atomic E-state index is -0.584. The predicted octanol–water partition coefficient (Wildman–Crippen LogP) is 5.35. The van der Waals surface area contributed by atoms with Crippen LogP contribution in [0.15, 0.2) is 78.0 Å². The molecule has 1 aliphatic rings. The minimum Gasteiger partial charge on any atom is -0.493 e. The summed E-state index contributed by atoms with van der Waals surface area (Å²) in [5.41, 5.74) is 4.18. The lowest BCUT2D eigenvalue weighted by molar-refractivity contribution is 0.211. The summed E-state index contributed by atoms with van der Waals surface area (Å²) < 4.78 is 18.3. The number of aromatic nitrogens is 3. The number of rotatable bonds is 6. The first kappa shape index (κ1) is 21.1. The largest absolute Gasteiger partial charge is 0.493 e. The second-order valence-electron chi connectivity index (χ2n) is 7.29. The van der Waals surface area contributed by atoms with Gasteiger partial charge in [-0.05, 0) is 30.0 Å². The van der Waals surface area contributed by atoms with Crippen LogP contribution >= 0.6 is 11.8 Å². The van der Waals surface area contributed by atoms with Crippen LogP contribution in [0.25, 0.3) is 11.3 Å². The first-order chi connectivity index (χ1) is 16.3. The molecular weight excluding hydrogens is 436 g/mol. The quantitative estimate of drug-likeness (QED) is 0.387. The Morgan fingerprint density at radius 3 is 2.61 bits per heavy atom. The van der Waals surface area contributed by atoms with Crippen LogP contribution in [-0.2, 0) is 6.61 Å². The van der Waals surface area contributed by atoms with E-state index in [4.69, 9.17) is 14.2 Å². The van der Waals surface area contributed by atoms with E-state index in [0.29, 0.717) is 34.8 Å². The Balaban J connectivity index is 1.57. The van der Waals surface area contributed by atoms with Gasteiger partial charge in [0, 0.05) is 11.3 Å². The summed E-state index contributed by atoms with van der Waals surface area (Å²) in [5.74, 6) is 1.64. The first-order valence-electron chi connectivity index (χ1n) is 10.4. The number of anilines is 1. The number of fused-ring (bicyclic) bond motifs is 3. The molecule has 4 aromatic rings. The molecule has 5 rings (SSSR count). The lowest BCUT2D eigenvalue weighted by atomic mass is 10.1. The normalized spacial score (nSPS) is 14.2. The number of nitrogens with one attached hydrogen (secondary N) is 1. The fraction of sp³-hybridized carbons (Fsp3) is 0.160. The van der Waals surface area contributed by atoms with Crippen molar-refractivity contribution in [3.05, 3.63) is 83.9 Å². The summed E-state index contributed by atoms with van der Waals surface area (Å²) in [6, 6.07) is 23.6. The third-order valence-corrected chi connectivity index (χ3v) is 5.79. The van der Waals surface area contributed by atoms with Gasteiger partial charge in [0.25, 0.3) is 0 Å². The van der Waals surface area contributed by atoms with Gasteiger partial charge in [0.05, 0.1) is 12.7 Å². The number of nitrogens with zero attached hydrogens (tertiary/aromatic N) is 3. The zero-order valence-corrected chi connectivity index (χ0v) is 19.0. The SMILES string of the molecule is COc1cccc([C@H]2Nc3ccccc3-c3nnc(SC)nc3O2)c1OCc1ccccc1. The summed E-state index contributed by atoms with van der Waals surface area (Å²) >= 11 is 1.41. The molecular formula is C25H22N4O3S. The van der Waals surface area contributed by atoms with Crippen LogP contribution in [0.4, 0.5) is 5.69 Å². The van der Waals surface area contributed by atoms with Crippen molar-refractivity contribution in [2.75, 3.05) is 18.7 Å².